The number of benzene rings is 2. The number of nitrogens with zero attached hydrogens (tertiary/aromatic N) is 2. The first-order valence-corrected chi connectivity index (χ1v) is 9.56. The van der Waals surface area contributed by atoms with Gasteiger partial charge in [-0.2, -0.15) is 0 Å². The lowest BCUT2D eigenvalue weighted by Crippen LogP contribution is -2.79. The van der Waals surface area contributed by atoms with Crippen LogP contribution in [-0.2, 0) is 5.41 Å². The van der Waals surface area contributed by atoms with Crippen LogP contribution < -0.4 is 4.74 Å². The molecule has 4 saturated heterocycles. The van der Waals surface area contributed by atoms with E-state index >= 15 is 0 Å². The lowest BCUT2D eigenvalue weighted by molar-refractivity contribution is -0.232. The van der Waals surface area contributed by atoms with Gasteiger partial charge in [-0.25, -0.2) is 0 Å². The number of methoxy groups -OCH3 is 1. The quantitative estimate of drug-likeness (QED) is 0.873. The van der Waals surface area contributed by atoms with Gasteiger partial charge in [0.1, 0.15) is 0 Å². The van der Waals surface area contributed by atoms with Crippen molar-refractivity contribution in [2.75, 3.05) is 33.3 Å². The summed E-state index contributed by atoms with van der Waals surface area (Å²) in [5, 5.41) is 22.1. The van der Waals surface area contributed by atoms with Gasteiger partial charge in [-0.15, -0.1) is 0 Å². The Hall–Kier alpha value is -2.08. The second-order valence-corrected chi connectivity index (χ2v) is 8.66. The molecule has 0 spiro atoms. The minimum absolute atomic E-state index is 0.0116. The van der Waals surface area contributed by atoms with Crippen LogP contribution in [-0.4, -0.2) is 59.4 Å². The molecule has 4 aliphatic rings. The second kappa shape index (κ2) is 5.71. The smallest absolute Gasteiger partial charge is 0.163 e. The number of aliphatic hydroxyl groups is 1. The molecule has 2 aromatic rings. The highest BCUT2D eigenvalue weighted by molar-refractivity contribution is 5.48. The summed E-state index contributed by atoms with van der Waals surface area (Å²) in [6.07, 6.45) is -0.364. The van der Waals surface area contributed by atoms with E-state index in [-0.39, 0.29) is 28.8 Å². The highest BCUT2D eigenvalue weighted by atomic mass is 16.5. The first kappa shape index (κ1) is 17.0. The van der Waals surface area contributed by atoms with Crippen molar-refractivity contribution in [3.8, 4) is 11.5 Å². The van der Waals surface area contributed by atoms with Gasteiger partial charge in [0.2, 0.25) is 0 Å². The van der Waals surface area contributed by atoms with Gasteiger partial charge >= 0.3 is 0 Å². The van der Waals surface area contributed by atoms with E-state index in [1.54, 1.807) is 13.2 Å². The maximum atomic E-state index is 11.4. The van der Waals surface area contributed by atoms with Crippen molar-refractivity contribution in [3.63, 3.8) is 0 Å². The molecule has 0 saturated carbocycles. The third-order valence-electron chi connectivity index (χ3n) is 6.85. The number of aromatic hydroxyl groups is 1. The fourth-order valence-electron chi connectivity index (χ4n) is 5.87. The maximum absolute atomic E-state index is 11.4. The van der Waals surface area contributed by atoms with Crippen LogP contribution in [0.4, 0.5) is 0 Å². The molecule has 0 aliphatic carbocycles. The van der Waals surface area contributed by atoms with E-state index in [0.29, 0.717) is 5.75 Å². The zero-order chi connectivity index (χ0) is 18.8. The molecule has 4 fully saturated rings. The van der Waals surface area contributed by atoms with Crippen molar-refractivity contribution in [2.45, 2.75) is 24.6 Å². The summed E-state index contributed by atoms with van der Waals surface area (Å²) < 4.78 is 5.33. The number of aliphatic hydroxyl groups excluding tert-OH is 1. The van der Waals surface area contributed by atoms with Crippen LogP contribution in [0.5, 0.6) is 11.5 Å². The molecule has 0 amide bonds. The second-order valence-electron chi connectivity index (χ2n) is 8.66. The van der Waals surface area contributed by atoms with Crippen molar-refractivity contribution in [3.05, 3.63) is 59.7 Å². The Labute approximate surface area is 159 Å². The summed E-state index contributed by atoms with van der Waals surface area (Å²) in [6.45, 7) is 5.40. The van der Waals surface area contributed by atoms with Crippen LogP contribution in [0.2, 0.25) is 0 Å². The zero-order valence-electron chi connectivity index (χ0n) is 15.8. The summed E-state index contributed by atoms with van der Waals surface area (Å²) >= 11 is 0. The number of phenolic OH excluding ortho intramolecular Hbond substituents is 1. The number of phenols is 1. The fraction of sp³-hybridized carbons (Fsp3) is 0.455. The molecule has 4 aliphatic heterocycles. The highest BCUT2D eigenvalue weighted by Gasteiger charge is 2.64. The highest BCUT2D eigenvalue weighted by Crippen LogP contribution is 2.56. The van der Waals surface area contributed by atoms with Crippen LogP contribution in [0.3, 0.4) is 0 Å². The summed E-state index contributed by atoms with van der Waals surface area (Å²) in [5.74, 6) is 0.727. The molecule has 4 heterocycles. The molecule has 2 aromatic carbocycles. The van der Waals surface area contributed by atoms with Crippen molar-refractivity contribution < 1.29 is 14.9 Å². The van der Waals surface area contributed by atoms with E-state index in [2.05, 4.69) is 41.0 Å². The normalized spacial score (nSPS) is 39.5. The fourth-order valence-corrected chi connectivity index (χ4v) is 5.87. The molecule has 2 N–H and O–H groups in total. The monoisotopic (exact) mass is 366 g/mol. The number of rotatable bonds is 3. The first-order chi connectivity index (χ1) is 13.0. The topological polar surface area (TPSA) is 56.2 Å². The third-order valence-corrected chi connectivity index (χ3v) is 6.85. The molecular weight excluding hydrogens is 340 g/mol. The number of piperidine rings is 2. The number of hydrogen-bond donors (Lipinski definition) is 2. The van der Waals surface area contributed by atoms with E-state index in [1.807, 2.05) is 18.2 Å². The lowest BCUT2D eigenvalue weighted by Gasteiger charge is -2.69. The van der Waals surface area contributed by atoms with E-state index < -0.39 is 0 Å². The predicted molar refractivity (Wildman–Crippen MR) is 103 cm³/mol. The summed E-state index contributed by atoms with van der Waals surface area (Å²) in [6, 6.07) is 16.1. The van der Waals surface area contributed by atoms with Crippen LogP contribution in [0.1, 0.15) is 24.2 Å². The zero-order valence-corrected chi connectivity index (χ0v) is 15.8. The Kier molecular flexibility index (Phi) is 3.60. The number of ether oxygens (including phenoxy) is 1. The van der Waals surface area contributed by atoms with E-state index in [9.17, 15) is 10.2 Å². The van der Waals surface area contributed by atoms with Gasteiger partial charge in [0.25, 0.3) is 0 Å². The molecule has 4 bridgehead atoms. The van der Waals surface area contributed by atoms with Crippen LogP contribution in [0, 0.1) is 5.41 Å². The summed E-state index contributed by atoms with van der Waals surface area (Å²) in [5.41, 5.74) is 1.61. The molecule has 2 unspecified atom stereocenters. The Morgan fingerprint density at radius 1 is 0.963 bits per heavy atom. The Morgan fingerprint density at radius 2 is 1.63 bits per heavy atom. The van der Waals surface area contributed by atoms with E-state index in [4.69, 9.17) is 4.74 Å². The molecule has 0 radical (unpaired) electrons. The van der Waals surface area contributed by atoms with Crippen molar-refractivity contribution in [1.29, 1.82) is 0 Å². The minimum Gasteiger partial charge on any atom is -0.504 e. The summed E-state index contributed by atoms with van der Waals surface area (Å²) in [4.78, 5) is 4.84. The van der Waals surface area contributed by atoms with Crippen molar-refractivity contribution >= 4 is 0 Å². The Balaban J connectivity index is 1.60. The average molecular weight is 366 g/mol. The maximum Gasteiger partial charge on any atom is 0.163 e. The van der Waals surface area contributed by atoms with Crippen LogP contribution >= 0.6 is 0 Å². The van der Waals surface area contributed by atoms with Gasteiger partial charge in [-0.05, 0) is 11.6 Å². The molecule has 6 rings (SSSR count). The average Bonchev–Trinajstić information content (AvgIpc) is 2.66. The predicted octanol–water partition coefficient (Wildman–Crippen LogP) is 2.35. The van der Waals surface area contributed by atoms with Gasteiger partial charge in [0.15, 0.2) is 11.5 Å². The number of para-hydroxylation sites is 1. The Bertz CT molecular complexity index is 853. The van der Waals surface area contributed by atoms with Crippen molar-refractivity contribution in [1.82, 2.24) is 9.80 Å². The largest absolute Gasteiger partial charge is 0.504 e. The van der Waals surface area contributed by atoms with Crippen LogP contribution in [0.15, 0.2) is 48.5 Å². The van der Waals surface area contributed by atoms with E-state index in [1.165, 1.54) is 5.56 Å². The molecule has 5 heteroatoms. The third kappa shape index (κ3) is 2.22. The van der Waals surface area contributed by atoms with Gasteiger partial charge in [0, 0.05) is 42.6 Å². The lowest BCUT2D eigenvalue weighted by atomic mass is 9.57. The van der Waals surface area contributed by atoms with E-state index in [0.717, 1.165) is 31.7 Å². The molecular formula is C22H26N2O3. The Morgan fingerprint density at radius 3 is 2.26 bits per heavy atom. The standard InChI is InChI=1S/C22H26N2O3/c1-21-11-23-13-22(20(21)26,15-7-4-3-5-8-15)14-24(12-21)19(23)16-9-6-10-17(27-2)18(16)25/h3-10,19-20,25-26H,11-14H2,1-2H3/t19?,20-,21?,22?/m0/s1. The molecule has 3 atom stereocenters. The van der Waals surface area contributed by atoms with Gasteiger partial charge in [0.05, 0.1) is 19.4 Å². The van der Waals surface area contributed by atoms with Crippen molar-refractivity contribution in [2.24, 2.45) is 5.41 Å². The molecule has 5 nitrogen and oxygen atoms in total. The van der Waals surface area contributed by atoms with Gasteiger partial charge in [-0.1, -0.05) is 49.4 Å². The molecule has 27 heavy (non-hydrogen) atoms. The van der Waals surface area contributed by atoms with Gasteiger partial charge < -0.3 is 14.9 Å². The summed E-state index contributed by atoms with van der Waals surface area (Å²) in [7, 11) is 1.58. The minimum atomic E-state index is -0.375. The number of hydrogen-bond acceptors (Lipinski definition) is 5. The SMILES string of the molecule is COc1cccc(C2N3CC4(C)CN2CC(c2ccccc2)(C3)[C@H]4O)c1O. The first-order valence-electron chi connectivity index (χ1n) is 9.56. The molecule has 142 valence electrons. The molecule has 0 aromatic heterocycles. The van der Waals surface area contributed by atoms with Crippen LogP contribution in [0.25, 0.3) is 0 Å². The van der Waals surface area contributed by atoms with Gasteiger partial charge in [-0.3, -0.25) is 9.80 Å².